The number of pyridine rings is 1. The lowest BCUT2D eigenvalue weighted by Crippen LogP contribution is -2.35. The highest BCUT2D eigenvalue weighted by atomic mass is 15.6. The largest absolute Gasteiger partial charge is 0.280 e. The number of hydrogen-bond acceptors (Lipinski definition) is 5. The zero-order chi connectivity index (χ0) is 25.1. The topological polar surface area (TPSA) is 59.7 Å². The van der Waals surface area contributed by atoms with Crippen molar-refractivity contribution in [2.75, 3.05) is 0 Å². The highest BCUT2D eigenvalue weighted by Gasteiger charge is 2.32. The van der Waals surface area contributed by atoms with Crippen LogP contribution in [-0.2, 0) is 24.0 Å². The summed E-state index contributed by atoms with van der Waals surface area (Å²) in [6.07, 6.45) is 1.84. The van der Waals surface area contributed by atoms with Crippen LogP contribution in [0.2, 0.25) is 0 Å². The zero-order valence-electron chi connectivity index (χ0n) is 21.7. The zero-order valence-corrected chi connectivity index (χ0v) is 21.7. The van der Waals surface area contributed by atoms with E-state index in [9.17, 15) is 0 Å². The van der Waals surface area contributed by atoms with Crippen LogP contribution in [0.1, 0.15) is 75.8 Å². The average molecular weight is 469 g/mol. The molecule has 0 aliphatic rings. The van der Waals surface area contributed by atoms with Gasteiger partial charge in [-0.2, -0.15) is 0 Å². The molecule has 6 nitrogen and oxygen atoms in total. The third-order valence-corrected chi connectivity index (χ3v) is 6.14. The van der Waals surface area contributed by atoms with Crippen molar-refractivity contribution < 1.29 is 0 Å². The molecule has 0 radical (unpaired) electrons. The molecule has 0 saturated carbocycles. The number of tetrazole rings is 1. The van der Waals surface area contributed by atoms with Gasteiger partial charge in [-0.15, -0.1) is 5.10 Å². The molecule has 0 bridgehead atoms. The van der Waals surface area contributed by atoms with E-state index < -0.39 is 0 Å². The molecular formula is C29H36N6. The van der Waals surface area contributed by atoms with Gasteiger partial charge in [0.1, 0.15) is 6.04 Å². The van der Waals surface area contributed by atoms with Crippen LogP contribution < -0.4 is 0 Å². The molecule has 2 aromatic carbocycles. The van der Waals surface area contributed by atoms with Gasteiger partial charge in [0.2, 0.25) is 0 Å². The Hall–Kier alpha value is -3.38. The van der Waals surface area contributed by atoms with Gasteiger partial charge in [-0.3, -0.25) is 9.88 Å². The van der Waals surface area contributed by atoms with Gasteiger partial charge in [-0.1, -0.05) is 81.4 Å². The minimum atomic E-state index is -0.265. The van der Waals surface area contributed by atoms with Gasteiger partial charge < -0.3 is 0 Å². The van der Waals surface area contributed by atoms with Crippen LogP contribution >= 0.6 is 0 Å². The maximum atomic E-state index is 4.76. The summed E-state index contributed by atoms with van der Waals surface area (Å²) in [4.78, 5) is 7.17. The van der Waals surface area contributed by atoms with Crippen LogP contribution in [0.15, 0.2) is 79.0 Å². The second kappa shape index (κ2) is 10.1. The molecule has 6 heteroatoms. The molecule has 4 aromatic rings. The van der Waals surface area contributed by atoms with Crippen molar-refractivity contribution >= 4 is 0 Å². The molecule has 0 unspecified atom stereocenters. The molecule has 0 saturated heterocycles. The Morgan fingerprint density at radius 1 is 0.771 bits per heavy atom. The smallest absolute Gasteiger partial charge is 0.175 e. The van der Waals surface area contributed by atoms with Crippen LogP contribution in [0, 0.1) is 0 Å². The Kier molecular flexibility index (Phi) is 7.13. The van der Waals surface area contributed by atoms with Crippen molar-refractivity contribution in [1.82, 2.24) is 30.1 Å². The predicted octanol–water partition coefficient (Wildman–Crippen LogP) is 5.91. The minimum absolute atomic E-state index is 0.119. The molecule has 0 aliphatic heterocycles. The Bertz CT molecular complexity index is 1200. The molecule has 0 N–H and O–H groups in total. The van der Waals surface area contributed by atoms with Crippen LogP contribution in [0.3, 0.4) is 0 Å². The molecule has 2 aromatic heterocycles. The summed E-state index contributed by atoms with van der Waals surface area (Å²) in [5.41, 5.74) is 4.58. The first-order chi connectivity index (χ1) is 16.6. The summed E-state index contributed by atoms with van der Waals surface area (Å²) in [6, 6.07) is 25.3. The van der Waals surface area contributed by atoms with Crippen molar-refractivity contribution in [1.29, 1.82) is 0 Å². The first-order valence-corrected chi connectivity index (χ1v) is 12.2. The summed E-state index contributed by atoms with van der Waals surface area (Å²) in [5, 5.41) is 13.0. The minimum Gasteiger partial charge on any atom is -0.280 e. The Balaban J connectivity index is 1.80. The Labute approximate surface area is 209 Å². The van der Waals surface area contributed by atoms with Gasteiger partial charge in [-0.05, 0) is 65.4 Å². The molecule has 4 rings (SSSR count). The fraction of sp³-hybridized carbons (Fsp3) is 0.379. The van der Waals surface area contributed by atoms with Gasteiger partial charge >= 0.3 is 0 Å². The number of aromatic nitrogens is 5. The van der Waals surface area contributed by atoms with Gasteiger partial charge in [0.25, 0.3) is 0 Å². The van der Waals surface area contributed by atoms with Crippen molar-refractivity contribution in [3.05, 3.63) is 107 Å². The molecule has 1 atom stereocenters. The number of benzene rings is 2. The van der Waals surface area contributed by atoms with E-state index in [1.165, 1.54) is 16.7 Å². The lowest BCUT2D eigenvalue weighted by molar-refractivity contribution is 0.182. The van der Waals surface area contributed by atoms with E-state index >= 15 is 0 Å². The number of rotatable bonds is 7. The van der Waals surface area contributed by atoms with E-state index in [1.807, 2.05) is 23.0 Å². The van der Waals surface area contributed by atoms with E-state index in [4.69, 9.17) is 4.98 Å². The normalized spacial score (nSPS) is 13.2. The predicted molar refractivity (Wildman–Crippen MR) is 140 cm³/mol. The van der Waals surface area contributed by atoms with Gasteiger partial charge in [0, 0.05) is 19.3 Å². The standard InChI is InChI=1S/C29H36N6/c1-28(2,3)24-17-15-23(16-18-24)21-34(20-22-12-8-7-9-13-22)26(25-14-10-11-19-30-25)27-31-32-33-35(27)29(4,5)6/h7-19,26H,20-21H2,1-6H3/t26-/m1/s1. The van der Waals surface area contributed by atoms with Crippen molar-refractivity contribution in [2.45, 2.75) is 71.6 Å². The highest BCUT2D eigenvalue weighted by molar-refractivity contribution is 5.28. The monoisotopic (exact) mass is 468 g/mol. The maximum Gasteiger partial charge on any atom is 0.175 e. The molecule has 0 aliphatic carbocycles. The summed E-state index contributed by atoms with van der Waals surface area (Å²) in [5.74, 6) is 0.790. The molecule has 0 spiro atoms. The van der Waals surface area contributed by atoms with Crippen LogP contribution in [0.4, 0.5) is 0 Å². The second-order valence-corrected chi connectivity index (χ2v) is 11.1. The lowest BCUT2D eigenvalue weighted by Gasteiger charge is -2.33. The van der Waals surface area contributed by atoms with E-state index in [1.54, 1.807) is 0 Å². The average Bonchev–Trinajstić information content (AvgIpc) is 3.30. The maximum absolute atomic E-state index is 4.76. The van der Waals surface area contributed by atoms with E-state index in [-0.39, 0.29) is 17.0 Å². The summed E-state index contributed by atoms with van der Waals surface area (Å²) < 4.78 is 1.92. The van der Waals surface area contributed by atoms with Crippen molar-refractivity contribution in [3.63, 3.8) is 0 Å². The third-order valence-electron chi connectivity index (χ3n) is 6.14. The number of hydrogen-bond donors (Lipinski definition) is 0. The van der Waals surface area contributed by atoms with Gasteiger partial charge in [0.15, 0.2) is 5.82 Å². The summed E-state index contributed by atoms with van der Waals surface area (Å²) in [6.45, 7) is 14.6. The molecule has 2 heterocycles. The van der Waals surface area contributed by atoms with E-state index in [2.05, 4.69) is 123 Å². The Morgan fingerprint density at radius 2 is 1.40 bits per heavy atom. The van der Waals surface area contributed by atoms with Crippen LogP contribution in [-0.4, -0.2) is 30.1 Å². The quantitative estimate of drug-likeness (QED) is 0.337. The van der Waals surface area contributed by atoms with Crippen molar-refractivity contribution in [2.24, 2.45) is 0 Å². The summed E-state index contributed by atoms with van der Waals surface area (Å²) in [7, 11) is 0. The fourth-order valence-corrected chi connectivity index (χ4v) is 4.26. The van der Waals surface area contributed by atoms with Crippen LogP contribution in [0.25, 0.3) is 0 Å². The third kappa shape index (κ3) is 6.01. The van der Waals surface area contributed by atoms with Gasteiger partial charge in [-0.25, -0.2) is 4.68 Å². The molecule has 35 heavy (non-hydrogen) atoms. The first-order valence-electron chi connectivity index (χ1n) is 12.2. The fourth-order valence-electron chi connectivity index (χ4n) is 4.26. The lowest BCUT2D eigenvalue weighted by atomic mass is 9.86. The summed E-state index contributed by atoms with van der Waals surface area (Å²) >= 11 is 0. The molecule has 182 valence electrons. The SMILES string of the molecule is CC(C)(C)c1ccc(CN(Cc2ccccc2)[C@H](c2ccccn2)c2nnnn2C(C)(C)C)cc1. The van der Waals surface area contributed by atoms with Gasteiger partial charge in [0.05, 0.1) is 11.2 Å². The molecule has 0 amide bonds. The second-order valence-electron chi connectivity index (χ2n) is 11.1. The first kappa shape index (κ1) is 24.7. The number of nitrogens with zero attached hydrogens (tertiary/aromatic N) is 6. The van der Waals surface area contributed by atoms with Crippen LogP contribution in [0.5, 0.6) is 0 Å². The van der Waals surface area contributed by atoms with E-state index in [0.717, 1.165) is 24.6 Å². The Morgan fingerprint density at radius 3 is 1.97 bits per heavy atom. The highest BCUT2D eigenvalue weighted by Crippen LogP contribution is 2.32. The van der Waals surface area contributed by atoms with Crippen molar-refractivity contribution in [3.8, 4) is 0 Å². The van der Waals surface area contributed by atoms with E-state index in [0.29, 0.717) is 0 Å². The molecule has 0 fully saturated rings. The molecular weight excluding hydrogens is 432 g/mol.